The van der Waals surface area contributed by atoms with Crippen LogP contribution in [-0.2, 0) is 6.54 Å². The molecule has 0 radical (unpaired) electrons. The Bertz CT molecular complexity index is 979. The van der Waals surface area contributed by atoms with Crippen molar-refractivity contribution in [2.75, 3.05) is 28.6 Å². The molecule has 30 heavy (non-hydrogen) atoms. The zero-order valence-electron chi connectivity index (χ0n) is 17.2. The van der Waals surface area contributed by atoms with Crippen LogP contribution in [-0.4, -0.2) is 23.2 Å². The van der Waals surface area contributed by atoms with Gasteiger partial charge in [-0.05, 0) is 73.4 Å². The third-order valence-electron chi connectivity index (χ3n) is 5.29. The summed E-state index contributed by atoms with van der Waals surface area (Å²) in [5, 5.41) is 10.4. The Morgan fingerprint density at radius 2 is 1.77 bits per heavy atom. The van der Waals surface area contributed by atoms with Gasteiger partial charge in [-0.25, -0.2) is 4.98 Å². The zero-order chi connectivity index (χ0) is 20.8. The van der Waals surface area contributed by atoms with E-state index in [1.807, 2.05) is 30.3 Å². The molecule has 0 amide bonds. The van der Waals surface area contributed by atoms with Crippen molar-refractivity contribution in [1.29, 1.82) is 0 Å². The largest absolute Gasteiger partial charge is 0.372 e. The van der Waals surface area contributed by atoms with E-state index in [1.165, 1.54) is 42.7 Å². The number of hydrogen-bond acceptors (Lipinski definition) is 4. The summed E-state index contributed by atoms with van der Waals surface area (Å²) < 4.78 is 0. The molecular formula is C24H27N5S. The second-order valence-electron chi connectivity index (χ2n) is 7.54. The summed E-state index contributed by atoms with van der Waals surface area (Å²) in [7, 11) is 0. The summed E-state index contributed by atoms with van der Waals surface area (Å²) in [6.45, 7) is 5.09. The monoisotopic (exact) mass is 417 g/mol. The van der Waals surface area contributed by atoms with Gasteiger partial charge >= 0.3 is 0 Å². The second-order valence-corrected chi connectivity index (χ2v) is 7.95. The van der Waals surface area contributed by atoms with E-state index in [4.69, 9.17) is 12.2 Å². The maximum absolute atomic E-state index is 5.43. The molecule has 6 heteroatoms. The smallest absolute Gasteiger partial charge is 0.171 e. The molecule has 3 N–H and O–H groups in total. The molecule has 2 aromatic carbocycles. The van der Waals surface area contributed by atoms with E-state index in [0.717, 1.165) is 17.2 Å². The van der Waals surface area contributed by atoms with Crippen molar-refractivity contribution < 1.29 is 0 Å². The predicted octanol–water partition coefficient (Wildman–Crippen LogP) is 5.22. The van der Waals surface area contributed by atoms with E-state index in [1.54, 1.807) is 6.20 Å². The molecule has 1 aliphatic heterocycles. The van der Waals surface area contributed by atoms with Gasteiger partial charge in [-0.2, -0.15) is 0 Å². The Morgan fingerprint density at radius 3 is 2.47 bits per heavy atom. The highest BCUT2D eigenvalue weighted by molar-refractivity contribution is 7.80. The summed E-state index contributed by atoms with van der Waals surface area (Å²) in [5.41, 5.74) is 5.60. The van der Waals surface area contributed by atoms with Crippen molar-refractivity contribution in [2.45, 2.75) is 26.3 Å². The number of nitrogens with one attached hydrogen (secondary N) is 3. The van der Waals surface area contributed by atoms with Gasteiger partial charge in [0.1, 0.15) is 5.82 Å². The van der Waals surface area contributed by atoms with Gasteiger partial charge in [0, 0.05) is 31.0 Å². The SMILES string of the molecule is Cc1ccccc1Nc1ccc(NC(=S)NCc2ccc(N3CCCC3)cc2)cn1. The van der Waals surface area contributed by atoms with Gasteiger partial charge in [0.25, 0.3) is 0 Å². The van der Waals surface area contributed by atoms with Crippen LogP contribution in [0, 0.1) is 6.92 Å². The van der Waals surface area contributed by atoms with Gasteiger partial charge < -0.3 is 20.9 Å². The maximum atomic E-state index is 5.43. The van der Waals surface area contributed by atoms with Gasteiger partial charge in [-0.3, -0.25) is 0 Å². The first kappa shape index (κ1) is 20.2. The van der Waals surface area contributed by atoms with Crippen molar-refractivity contribution in [3.05, 3.63) is 78.0 Å². The van der Waals surface area contributed by atoms with Crippen LogP contribution in [0.4, 0.5) is 22.9 Å². The fourth-order valence-corrected chi connectivity index (χ4v) is 3.74. The number of thiocarbonyl (C=S) groups is 1. The van der Waals surface area contributed by atoms with Crippen LogP contribution in [0.25, 0.3) is 0 Å². The van der Waals surface area contributed by atoms with Crippen LogP contribution < -0.4 is 20.9 Å². The van der Waals surface area contributed by atoms with Gasteiger partial charge in [0.15, 0.2) is 5.11 Å². The minimum absolute atomic E-state index is 0.583. The first-order chi connectivity index (χ1) is 14.7. The fourth-order valence-electron chi connectivity index (χ4n) is 3.55. The van der Waals surface area contributed by atoms with Crippen molar-refractivity contribution >= 4 is 40.2 Å². The molecule has 0 aliphatic carbocycles. The quantitative estimate of drug-likeness (QED) is 0.478. The van der Waals surface area contributed by atoms with E-state index < -0.39 is 0 Å². The number of nitrogens with zero attached hydrogens (tertiary/aromatic N) is 2. The molecule has 0 unspecified atom stereocenters. The Labute approximate surface area is 183 Å². The van der Waals surface area contributed by atoms with Crippen LogP contribution in [0.3, 0.4) is 0 Å². The van der Waals surface area contributed by atoms with E-state index >= 15 is 0 Å². The van der Waals surface area contributed by atoms with E-state index in [0.29, 0.717) is 11.7 Å². The lowest BCUT2D eigenvalue weighted by Gasteiger charge is -2.18. The lowest BCUT2D eigenvalue weighted by atomic mass is 10.2. The molecular weight excluding hydrogens is 390 g/mol. The molecule has 5 nitrogen and oxygen atoms in total. The van der Waals surface area contributed by atoms with E-state index in [2.05, 4.69) is 63.1 Å². The summed E-state index contributed by atoms with van der Waals surface area (Å²) >= 11 is 5.43. The average Bonchev–Trinajstić information content (AvgIpc) is 3.31. The molecule has 0 saturated carbocycles. The first-order valence-corrected chi connectivity index (χ1v) is 10.8. The first-order valence-electron chi connectivity index (χ1n) is 10.3. The number of hydrogen-bond donors (Lipinski definition) is 3. The van der Waals surface area contributed by atoms with E-state index in [-0.39, 0.29) is 0 Å². The molecule has 0 bridgehead atoms. The molecule has 1 fully saturated rings. The molecule has 1 saturated heterocycles. The Morgan fingerprint density at radius 1 is 1.00 bits per heavy atom. The Hall–Kier alpha value is -3.12. The summed E-state index contributed by atoms with van der Waals surface area (Å²) in [6, 6.07) is 20.8. The van der Waals surface area contributed by atoms with Gasteiger partial charge in [0.05, 0.1) is 11.9 Å². The minimum Gasteiger partial charge on any atom is -0.372 e. The molecule has 4 rings (SSSR count). The standard InChI is InChI=1S/C24H27N5S/c1-18-6-2-3-7-22(18)28-23-13-10-20(17-25-23)27-24(30)26-16-19-8-11-21(12-9-19)29-14-4-5-15-29/h2-3,6-13,17H,4-5,14-16H2,1H3,(H,25,28)(H2,26,27,30). The van der Waals surface area contributed by atoms with Crippen LogP contribution in [0.1, 0.15) is 24.0 Å². The van der Waals surface area contributed by atoms with Crippen LogP contribution >= 0.6 is 12.2 Å². The predicted molar refractivity (Wildman–Crippen MR) is 130 cm³/mol. The number of anilines is 4. The molecule has 0 spiro atoms. The number of benzene rings is 2. The third-order valence-corrected chi connectivity index (χ3v) is 5.54. The third kappa shape index (κ3) is 5.27. The topological polar surface area (TPSA) is 52.2 Å². The number of rotatable bonds is 6. The number of para-hydroxylation sites is 1. The molecule has 0 atom stereocenters. The highest BCUT2D eigenvalue weighted by Gasteiger charge is 2.11. The van der Waals surface area contributed by atoms with Crippen LogP contribution in [0.2, 0.25) is 0 Å². The van der Waals surface area contributed by atoms with Gasteiger partial charge in [-0.1, -0.05) is 30.3 Å². The van der Waals surface area contributed by atoms with Crippen molar-refractivity contribution in [3.8, 4) is 0 Å². The summed E-state index contributed by atoms with van der Waals surface area (Å²) in [6.07, 6.45) is 4.36. The Kier molecular flexibility index (Phi) is 6.44. The van der Waals surface area contributed by atoms with E-state index in [9.17, 15) is 0 Å². The van der Waals surface area contributed by atoms with Crippen molar-refractivity contribution in [1.82, 2.24) is 10.3 Å². The second kappa shape index (κ2) is 9.59. The lowest BCUT2D eigenvalue weighted by molar-refractivity contribution is 0.920. The average molecular weight is 418 g/mol. The molecule has 1 aromatic heterocycles. The molecule has 154 valence electrons. The van der Waals surface area contributed by atoms with Crippen LogP contribution in [0.15, 0.2) is 66.9 Å². The normalized spacial score (nSPS) is 13.2. The lowest BCUT2D eigenvalue weighted by Crippen LogP contribution is -2.28. The highest BCUT2D eigenvalue weighted by Crippen LogP contribution is 2.21. The van der Waals surface area contributed by atoms with Crippen molar-refractivity contribution in [2.24, 2.45) is 0 Å². The minimum atomic E-state index is 0.583. The van der Waals surface area contributed by atoms with Gasteiger partial charge in [0.2, 0.25) is 0 Å². The number of aromatic nitrogens is 1. The summed E-state index contributed by atoms with van der Waals surface area (Å²) in [4.78, 5) is 6.91. The fraction of sp³-hybridized carbons (Fsp3) is 0.250. The van der Waals surface area contributed by atoms with Crippen molar-refractivity contribution in [3.63, 3.8) is 0 Å². The molecule has 2 heterocycles. The number of pyridine rings is 1. The van der Waals surface area contributed by atoms with Gasteiger partial charge in [-0.15, -0.1) is 0 Å². The molecule has 3 aromatic rings. The molecule has 1 aliphatic rings. The zero-order valence-corrected chi connectivity index (χ0v) is 18.0. The number of aryl methyl sites for hydroxylation is 1. The van der Waals surface area contributed by atoms with Crippen LogP contribution in [0.5, 0.6) is 0 Å². The Balaban J connectivity index is 1.26. The summed E-state index contributed by atoms with van der Waals surface area (Å²) in [5.74, 6) is 0.798. The maximum Gasteiger partial charge on any atom is 0.171 e. The highest BCUT2D eigenvalue weighted by atomic mass is 32.1.